The van der Waals surface area contributed by atoms with E-state index in [-0.39, 0.29) is 11.9 Å². The van der Waals surface area contributed by atoms with E-state index in [2.05, 4.69) is 10.3 Å². The van der Waals surface area contributed by atoms with E-state index in [4.69, 9.17) is 10.2 Å². The van der Waals surface area contributed by atoms with E-state index in [1.165, 1.54) is 17.8 Å². The van der Waals surface area contributed by atoms with Gasteiger partial charge in [0.05, 0.1) is 0 Å². The molecule has 0 saturated heterocycles. The van der Waals surface area contributed by atoms with Crippen LogP contribution in [0.5, 0.6) is 0 Å². The summed E-state index contributed by atoms with van der Waals surface area (Å²) in [6.45, 7) is 2.51. The lowest BCUT2D eigenvalue weighted by molar-refractivity contribution is 0.0904. The van der Waals surface area contributed by atoms with Crippen molar-refractivity contribution in [2.45, 2.75) is 38.6 Å². The summed E-state index contributed by atoms with van der Waals surface area (Å²) in [5.74, 6) is 1.81. The fraction of sp³-hybridized carbons (Fsp3) is 0.500. The third-order valence-corrected chi connectivity index (χ3v) is 5.07. The summed E-state index contributed by atoms with van der Waals surface area (Å²) >= 11 is 1.42. The molecule has 0 aliphatic heterocycles. The smallest absolute Gasteiger partial charge is 0.271 e. The number of nitrogens with two attached hydrogens (primary N) is 1. The lowest BCUT2D eigenvalue weighted by Gasteiger charge is -2.31. The Morgan fingerprint density at radius 3 is 3.00 bits per heavy atom. The van der Waals surface area contributed by atoms with Crippen LogP contribution in [0.15, 0.2) is 21.9 Å². The van der Waals surface area contributed by atoms with Crippen molar-refractivity contribution in [2.75, 3.05) is 6.54 Å². The third kappa shape index (κ3) is 3.23. The second-order valence-electron chi connectivity index (χ2n) is 5.81. The minimum Gasteiger partial charge on any atom is -0.459 e. The molecule has 2 heterocycles. The number of carbonyl (C=O) groups excluding carboxylic acids is 1. The highest BCUT2D eigenvalue weighted by molar-refractivity contribution is 7.13. The molecule has 1 aliphatic rings. The standard InChI is InChI=1S/C16H21N3O2S/c1-10-6-7-14(21-10)16-19-13(9-22-16)15(20)18-12-5-3-2-4-11(12)8-17/h6-7,9,11-12H,2-5,8,17H2,1H3,(H,18,20). The van der Waals surface area contributed by atoms with Gasteiger partial charge < -0.3 is 15.5 Å². The monoisotopic (exact) mass is 319 g/mol. The van der Waals surface area contributed by atoms with Crippen LogP contribution < -0.4 is 11.1 Å². The highest BCUT2D eigenvalue weighted by atomic mass is 32.1. The second kappa shape index (κ2) is 6.62. The summed E-state index contributed by atoms with van der Waals surface area (Å²) in [5, 5.41) is 5.61. The lowest BCUT2D eigenvalue weighted by Crippen LogP contribution is -2.44. The number of aromatic nitrogens is 1. The Bertz CT molecular complexity index is 649. The zero-order valence-corrected chi connectivity index (χ0v) is 13.5. The van der Waals surface area contributed by atoms with Crippen LogP contribution in [0.25, 0.3) is 10.8 Å². The predicted molar refractivity (Wildman–Crippen MR) is 86.8 cm³/mol. The van der Waals surface area contributed by atoms with Gasteiger partial charge in [-0.25, -0.2) is 4.98 Å². The molecule has 1 saturated carbocycles. The molecule has 3 rings (SSSR count). The van der Waals surface area contributed by atoms with Crippen LogP contribution >= 0.6 is 11.3 Å². The van der Waals surface area contributed by atoms with E-state index < -0.39 is 0 Å². The maximum Gasteiger partial charge on any atom is 0.271 e. The van der Waals surface area contributed by atoms with Gasteiger partial charge >= 0.3 is 0 Å². The fourth-order valence-corrected chi connectivity index (χ4v) is 3.72. The van der Waals surface area contributed by atoms with Gasteiger partial charge in [-0.05, 0) is 44.4 Å². The summed E-state index contributed by atoms with van der Waals surface area (Å²) in [7, 11) is 0. The minimum absolute atomic E-state index is 0.115. The molecule has 1 amide bonds. The van der Waals surface area contributed by atoms with Gasteiger partial charge in [-0.2, -0.15) is 0 Å². The SMILES string of the molecule is Cc1ccc(-c2nc(C(=O)NC3CCCCC3CN)cs2)o1. The molecule has 118 valence electrons. The molecule has 0 bridgehead atoms. The van der Waals surface area contributed by atoms with Crippen molar-refractivity contribution in [3.05, 3.63) is 29.0 Å². The number of nitrogens with zero attached hydrogens (tertiary/aromatic N) is 1. The topological polar surface area (TPSA) is 81.2 Å². The average molecular weight is 319 g/mol. The number of furan rings is 1. The Morgan fingerprint density at radius 1 is 1.45 bits per heavy atom. The molecular formula is C16H21N3O2S. The molecule has 1 fully saturated rings. The van der Waals surface area contributed by atoms with Crippen molar-refractivity contribution in [1.82, 2.24) is 10.3 Å². The molecule has 0 aromatic carbocycles. The largest absolute Gasteiger partial charge is 0.459 e. The normalized spacial score (nSPS) is 21.7. The maximum atomic E-state index is 12.4. The Kier molecular flexibility index (Phi) is 4.59. The number of hydrogen-bond acceptors (Lipinski definition) is 5. The van der Waals surface area contributed by atoms with Crippen LogP contribution in [0.1, 0.15) is 41.9 Å². The minimum atomic E-state index is -0.115. The molecule has 0 spiro atoms. The quantitative estimate of drug-likeness (QED) is 0.908. The summed E-state index contributed by atoms with van der Waals surface area (Å²) < 4.78 is 5.55. The van der Waals surface area contributed by atoms with E-state index in [0.29, 0.717) is 23.9 Å². The first-order valence-corrected chi connectivity index (χ1v) is 8.58. The number of thiazole rings is 1. The average Bonchev–Trinajstić information content (AvgIpc) is 3.16. The highest BCUT2D eigenvalue weighted by Gasteiger charge is 2.26. The lowest BCUT2D eigenvalue weighted by atomic mass is 9.84. The Hall–Kier alpha value is -1.66. The maximum absolute atomic E-state index is 12.4. The Balaban J connectivity index is 1.69. The first-order valence-electron chi connectivity index (χ1n) is 7.70. The molecule has 2 atom stereocenters. The van der Waals surface area contributed by atoms with Crippen molar-refractivity contribution < 1.29 is 9.21 Å². The van der Waals surface area contributed by atoms with Crippen LogP contribution in [0.2, 0.25) is 0 Å². The molecule has 22 heavy (non-hydrogen) atoms. The van der Waals surface area contributed by atoms with Gasteiger partial charge in [-0.1, -0.05) is 12.8 Å². The molecular weight excluding hydrogens is 298 g/mol. The first-order chi connectivity index (χ1) is 10.7. The van der Waals surface area contributed by atoms with Gasteiger partial charge in [0, 0.05) is 11.4 Å². The van der Waals surface area contributed by atoms with E-state index >= 15 is 0 Å². The summed E-state index contributed by atoms with van der Waals surface area (Å²) in [6.07, 6.45) is 4.44. The van der Waals surface area contributed by atoms with Gasteiger partial charge in [0.15, 0.2) is 10.8 Å². The highest BCUT2D eigenvalue weighted by Crippen LogP contribution is 2.27. The summed E-state index contributed by atoms with van der Waals surface area (Å²) in [6, 6.07) is 3.94. The molecule has 0 radical (unpaired) electrons. The second-order valence-corrected chi connectivity index (χ2v) is 6.67. The number of nitrogens with one attached hydrogen (secondary N) is 1. The van der Waals surface area contributed by atoms with E-state index in [0.717, 1.165) is 30.0 Å². The van der Waals surface area contributed by atoms with Crippen LogP contribution in [0.4, 0.5) is 0 Å². The molecule has 1 aliphatic carbocycles. The Morgan fingerprint density at radius 2 is 2.27 bits per heavy atom. The van der Waals surface area contributed by atoms with E-state index in [1.807, 2.05) is 19.1 Å². The molecule has 5 nitrogen and oxygen atoms in total. The third-order valence-electron chi connectivity index (χ3n) is 4.22. The van der Waals surface area contributed by atoms with Crippen molar-refractivity contribution >= 4 is 17.2 Å². The molecule has 3 N–H and O–H groups in total. The van der Waals surface area contributed by atoms with E-state index in [1.54, 1.807) is 5.38 Å². The van der Waals surface area contributed by atoms with Crippen molar-refractivity contribution in [3.63, 3.8) is 0 Å². The predicted octanol–water partition coefficient (Wildman–Crippen LogP) is 2.96. The fourth-order valence-electron chi connectivity index (χ4n) is 2.96. The van der Waals surface area contributed by atoms with Gasteiger partial charge in [-0.3, -0.25) is 4.79 Å². The van der Waals surface area contributed by atoms with Crippen LogP contribution in [-0.2, 0) is 0 Å². The zero-order valence-electron chi connectivity index (χ0n) is 12.7. The molecule has 6 heteroatoms. The molecule has 2 aromatic heterocycles. The van der Waals surface area contributed by atoms with Gasteiger partial charge in [0.1, 0.15) is 11.5 Å². The summed E-state index contributed by atoms with van der Waals surface area (Å²) in [5.41, 5.74) is 6.27. The number of rotatable bonds is 4. The van der Waals surface area contributed by atoms with Crippen LogP contribution in [-0.4, -0.2) is 23.5 Å². The molecule has 2 unspecified atom stereocenters. The molecule has 2 aromatic rings. The van der Waals surface area contributed by atoms with Gasteiger partial charge in [0.2, 0.25) is 0 Å². The van der Waals surface area contributed by atoms with Crippen molar-refractivity contribution in [2.24, 2.45) is 11.7 Å². The first kappa shape index (κ1) is 15.2. The van der Waals surface area contributed by atoms with E-state index in [9.17, 15) is 4.79 Å². The van der Waals surface area contributed by atoms with Crippen molar-refractivity contribution in [3.8, 4) is 10.8 Å². The number of hydrogen-bond donors (Lipinski definition) is 2. The van der Waals surface area contributed by atoms with Crippen LogP contribution in [0.3, 0.4) is 0 Å². The number of carbonyl (C=O) groups is 1. The van der Waals surface area contributed by atoms with Gasteiger partial charge in [0.25, 0.3) is 5.91 Å². The number of amides is 1. The Labute approximate surface area is 133 Å². The van der Waals surface area contributed by atoms with Gasteiger partial charge in [-0.15, -0.1) is 11.3 Å². The zero-order chi connectivity index (χ0) is 15.5. The van der Waals surface area contributed by atoms with Crippen molar-refractivity contribution in [1.29, 1.82) is 0 Å². The van der Waals surface area contributed by atoms with Crippen LogP contribution in [0, 0.1) is 12.8 Å². The summed E-state index contributed by atoms with van der Waals surface area (Å²) in [4.78, 5) is 16.8. The number of aryl methyl sites for hydroxylation is 1.